The molecule has 8 heteroatoms. The smallest absolute Gasteiger partial charge is 0.456 e. The molecule has 0 radical (unpaired) electrons. The van der Waals surface area contributed by atoms with Crippen LogP contribution in [0.25, 0.3) is 0 Å². The van der Waals surface area contributed by atoms with Crippen LogP contribution in [0.2, 0.25) is 0 Å². The van der Waals surface area contributed by atoms with Gasteiger partial charge in [0.2, 0.25) is 0 Å². The molecule has 2 aromatic rings. The molecular weight excluding hydrogens is 351 g/mol. The van der Waals surface area contributed by atoms with Crippen LogP contribution in [0, 0.1) is 0 Å². The van der Waals surface area contributed by atoms with Crippen LogP contribution in [0.15, 0.2) is 54.6 Å². The molecule has 0 aliphatic heterocycles. The van der Waals surface area contributed by atoms with Gasteiger partial charge in [-0.05, 0) is 36.2 Å². The zero-order chi connectivity index (χ0) is 19.0. The summed E-state index contributed by atoms with van der Waals surface area (Å²) in [6.07, 6.45) is -4.14. The molecule has 0 heterocycles. The fraction of sp³-hybridized carbons (Fsp3) is 0.222. The van der Waals surface area contributed by atoms with Gasteiger partial charge in [0.15, 0.2) is 6.61 Å². The van der Waals surface area contributed by atoms with Gasteiger partial charge >= 0.3 is 12.3 Å². The molecule has 1 N–H and O–H groups in total. The number of esters is 1. The van der Waals surface area contributed by atoms with E-state index in [0.717, 1.165) is 17.7 Å². The predicted molar refractivity (Wildman–Crippen MR) is 87.5 cm³/mol. The van der Waals surface area contributed by atoms with Crippen LogP contribution < -0.4 is 10.1 Å². The first-order valence-electron chi connectivity index (χ1n) is 7.67. The third-order valence-electron chi connectivity index (χ3n) is 3.20. The van der Waals surface area contributed by atoms with Crippen molar-refractivity contribution >= 4 is 17.6 Å². The largest absolute Gasteiger partial charge is 0.573 e. The molecule has 0 aromatic heterocycles. The summed E-state index contributed by atoms with van der Waals surface area (Å²) in [5.41, 5.74) is 1.24. The average Bonchev–Trinajstić information content (AvgIpc) is 2.59. The number of alkyl halides is 3. The van der Waals surface area contributed by atoms with E-state index in [9.17, 15) is 22.8 Å². The lowest BCUT2D eigenvalue weighted by Gasteiger charge is -2.10. The third-order valence-corrected chi connectivity index (χ3v) is 3.20. The van der Waals surface area contributed by atoms with E-state index in [1.807, 2.05) is 30.3 Å². The van der Waals surface area contributed by atoms with Crippen LogP contribution in [-0.4, -0.2) is 24.8 Å². The Bertz CT molecular complexity index is 730. The fourth-order valence-corrected chi connectivity index (χ4v) is 2.05. The van der Waals surface area contributed by atoms with Crippen molar-refractivity contribution in [3.63, 3.8) is 0 Å². The Morgan fingerprint density at radius 1 is 0.962 bits per heavy atom. The van der Waals surface area contributed by atoms with E-state index in [2.05, 4.69) is 10.1 Å². The maximum atomic E-state index is 12.1. The van der Waals surface area contributed by atoms with E-state index in [1.54, 1.807) is 0 Å². The highest BCUT2D eigenvalue weighted by Crippen LogP contribution is 2.23. The molecule has 2 aromatic carbocycles. The van der Waals surface area contributed by atoms with Gasteiger partial charge in [0.05, 0.1) is 0 Å². The van der Waals surface area contributed by atoms with Gasteiger partial charge in [-0.1, -0.05) is 30.3 Å². The van der Waals surface area contributed by atoms with Crippen LogP contribution in [0.1, 0.15) is 12.0 Å². The average molecular weight is 367 g/mol. The number of rotatable bonds is 7. The molecular formula is C18H16F3NO4. The Labute approximate surface area is 147 Å². The number of amides is 1. The molecule has 138 valence electrons. The van der Waals surface area contributed by atoms with Crippen molar-refractivity contribution in [2.45, 2.75) is 19.2 Å². The maximum absolute atomic E-state index is 12.1. The Hall–Kier alpha value is -3.03. The highest BCUT2D eigenvalue weighted by atomic mass is 19.4. The predicted octanol–water partition coefficient (Wildman–Crippen LogP) is 3.70. The zero-order valence-electron chi connectivity index (χ0n) is 13.6. The summed E-state index contributed by atoms with van der Waals surface area (Å²) in [5.74, 6) is -1.51. The number of ether oxygens (including phenoxy) is 2. The van der Waals surface area contributed by atoms with Gasteiger partial charge in [-0.25, -0.2) is 0 Å². The molecule has 0 aliphatic rings. The number of carbonyl (C=O) groups excluding carboxylic acids is 2. The van der Waals surface area contributed by atoms with Crippen molar-refractivity contribution in [1.29, 1.82) is 0 Å². The second kappa shape index (κ2) is 8.89. The number of aryl methyl sites for hydroxylation is 1. The van der Waals surface area contributed by atoms with E-state index in [1.165, 1.54) is 12.1 Å². The lowest BCUT2D eigenvalue weighted by Crippen LogP contribution is -2.21. The first kappa shape index (κ1) is 19.3. The van der Waals surface area contributed by atoms with Gasteiger partial charge in [0.25, 0.3) is 5.91 Å². The van der Waals surface area contributed by atoms with Crippen LogP contribution >= 0.6 is 0 Å². The summed E-state index contributed by atoms with van der Waals surface area (Å²) in [5, 5.41) is 2.41. The summed E-state index contributed by atoms with van der Waals surface area (Å²) in [6.45, 7) is -0.478. The summed E-state index contributed by atoms with van der Waals surface area (Å²) in [4.78, 5) is 23.3. The van der Waals surface area contributed by atoms with Crippen molar-refractivity contribution in [1.82, 2.24) is 0 Å². The number of hydrogen-bond acceptors (Lipinski definition) is 4. The lowest BCUT2D eigenvalue weighted by molar-refractivity contribution is -0.274. The van der Waals surface area contributed by atoms with Gasteiger partial charge in [0, 0.05) is 12.1 Å². The fourth-order valence-electron chi connectivity index (χ4n) is 2.05. The minimum atomic E-state index is -4.78. The first-order chi connectivity index (χ1) is 12.3. The molecule has 1 amide bonds. The number of anilines is 1. The Morgan fingerprint density at radius 2 is 1.62 bits per heavy atom. The standard InChI is InChI=1S/C18H16F3NO4/c19-18(20,21)26-15-9-7-14(8-10-15)22-16(23)12-25-17(24)11-6-13-4-2-1-3-5-13/h1-5,7-10H,6,11-12H2,(H,22,23). The Kier molecular flexibility index (Phi) is 6.60. The minimum absolute atomic E-state index is 0.140. The SMILES string of the molecule is O=C(COC(=O)CCc1ccccc1)Nc1ccc(OC(F)(F)F)cc1. The molecule has 0 aliphatic carbocycles. The third kappa shape index (κ3) is 7.25. The summed E-state index contributed by atoms with van der Waals surface area (Å²) in [6, 6.07) is 14.0. The monoisotopic (exact) mass is 367 g/mol. The molecule has 0 fully saturated rings. The lowest BCUT2D eigenvalue weighted by atomic mass is 10.1. The molecule has 26 heavy (non-hydrogen) atoms. The first-order valence-corrected chi connectivity index (χ1v) is 7.67. The number of hydrogen-bond donors (Lipinski definition) is 1. The molecule has 0 saturated heterocycles. The van der Waals surface area contributed by atoms with E-state index >= 15 is 0 Å². The number of halogens is 3. The second-order valence-electron chi connectivity index (χ2n) is 5.27. The maximum Gasteiger partial charge on any atom is 0.573 e. The van der Waals surface area contributed by atoms with Crippen molar-refractivity contribution in [3.8, 4) is 5.75 Å². The van der Waals surface area contributed by atoms with Crippen LogP contribution in [0.4, 0.5) is 18.9 Å². The molecule has 5 nitrogen and oxygen atoms in total. The normalized spacial score (nSPS) is 10.9. The molecule has 0 unspecified atom stereocenters. The van der Waals surface area contributed by atoms with E-state index in [0.29, 0.717) is 6.42 Å². The quantitative estimate of drug-likeness (QED) is 0.758. The molecule has 0 spiro atoms. The van der Waals surface area contributed by atoms with Crippen LogP contribution in [0.5, 0.6) is 5.75 Å². The molecule has 0 bridgehead atoms. The minimum Gasteiger partial charge on any atom is -0.456 e. The summed E-state index contributed by atoms with van der Waals surface area (Å²) >= 11 is 0. The van der Waals surface area contributed by atoms with E-state index in [-0.39, 0.29) is 12.1 Å². The van der Waals surface area contributed by atoms with Gasteiger partial charge < -0.3 is 14.8 Å². The molecule has 2 rings (SSSR count). The molecule has 0 atom stereocenters. The topological polar surface area (TPSA) is 64.6 Å². The van der Waals surface area contributed by atoms with Crippen molar-refractivity contribution < 1.29 is 32.2 Å². The van der Waals surface area contributed by atoms with E-state index in [4.69, 9.17) is 4.74 Å². The Morgan fingerprint density at radius 3 is 2.23 bits per heavy atom. The van der Waals surface area contributed by atoms with E-state index < -0.39 is 30.6 Å². The van der Waals surface area contributed by atoms with Crippen molar-refractivity contribution in [2.24, 2.45) is 0 Å². The van der Waals surface area contributed by atoms with Crippen molar-refractivity contribution in [2.75, 3.05) is 11.9 Å². The number of benzene rings is 2. The van der Waals surface area contributed by atoms with Gasteiger partial charge in [-0.2, -0.15) is 0 Å². The number of carbonyl (C=O) groups is 2. The van der Waals surface area contributed by atoms with Crippen LogP contribution in [0.3, 0.4) is 0 Å². The van der Waals surface area contributed by atoms with Gasteiger partial charge in [-0.15, -0.1) is 13.2 Å². The molecule has 0 saturated carbocycles. The van der Waals surface area contributed by atoms with Gasteiger partial charge in [0.1, 0.15) is 5.75 Å². The van der Waals surface area contributed by atoms with Crippen molar-refractivity contribution in [3.05, 3.63) is 60.2 Å². The highest BCUT2D eigenvalue weighted by Gasteiger charge is 2.30. The summed E-state index contributed by atoms with van der Waals surface area (Å²) in [7, 11) is 0. The number of nitrogens with one attached hydrogen (secondary N) is 1. The zero-order valence-corrected chi connectivity index (χ0v) is 13.6. The van der Waals surface area contributed by atoms with Crippen LogP contribution in [-0.2, 0) is 20.7 Å². The van der Waals surface area contributed by atoms with Gasteiger partial charge in [-0.3, -0.25) is 9.59 Å². The Balaban J connectivity index is 1.72. The summed E-state index contributed by atoms with van der Waals surface area (Å²) < 4.78 is 44.8. The highest BCUT2D eigenvalue weighted by molar-refractivity contribution is 5.92. The second-order valence-corrected chi connectivity index (χ2v) is 5.27.